The molecule has 0 radical (unpaired) electrons. The highest BCUT2D eigenvalue weighted by atomic mass is 35.5. The highest BCUT2D eigenvalue weighted by molar-refractivity contribution is 6.53. The molecule has 0 fully saturated rings. The first-order valence-corrected chi connectivity index (χ1v) is 11.1. The number of hydrogen-bond donors (Lipinski definition) is 2. The zero-order chi connectivity index (χ0) is 26.0. The summed E-state index contributed by atoms with van der Waals surface area (Å²) in [5.41, 5.74) is 1.07. The Kier molecular flexibility index (Phi) is 7.14. The van der Waals surface area contributed by atoms with E-state index in [1.165, 1.54) is 56.7 Å². The third-order valence-corrected chi connectivity index (χ3v) is 5.89. The SMILES string of the molecule is COc1ccc(OC)c(N2C(=O)C(Cl)=C(Nc3ccc(C(=O)Nc4ccc(F)c(Cl)c4)cc3)C2=O)c1. The van der Waals surface area contributed by atoms with Crippen molar-refractivity contribution < 1.29 is 28.2 Å². The summed E-state index contributed by atoms with van der Waals surface area (Å²) in [6.45, 7) is 0. The van der Waals surface area contributed by atoms with Gasteiger partial charge in [0.1, 0.15) is 28.0 Å². The Hall–Kier alpha value is -4.08. The molecule has 36 heavy (non-hydrogen) atoms. The van der Waals surface area contributed by atoms with E-state index in [-0.39, 0.29) is 32.8 Å². The molecule has 0 aromatic heterocycles. The summed E-state index contributed by atoms with van der Waals surface area (Å²) in [5.74, 6) is -1.77. The van der Waals surface area contributed by atoms with Crippen LogP contribution in [0.5, 0.6) is 11.5 Å². The second-order valence-electron chi connectivity index (χ2n) is 7.46. The van der Waals surface area contributed by atoms with Crippen LogP contribution in [0.4, 0.5) is 21.5 Å². The lowest BCUT2D eigenvalue weighted by atomic mass is 10.2. The van der Waals surface area contributed by atoms with E-state index in [4.69, 9.17) is 32.7 Å². The Bertz CT molecular complexity index is 1410. The number of nitrogens with one attached hydrogen (secondary N) is 2. The fraction of sp³-hybridized carbons (Fsp3) is 0.0800. The number of benzene rings is 3. The average Bonchev–Trinajstić information content (AvgIpc) is 3.09. The molecule has 1 heterocycles. The van der Waals surface area contributed by atoms with Gasteiger partial charge in [-0.15, -0.1) is 0 Å². The minimum absolute atomic E-state index is 0.117. The summed E-state index contributed by atoms with van der Waals surface area (Å²) in [7, 11) is 2.86. The molecule has 3 aromatic rings. The van der Waals surface area contributed by atoms with Gasteiger partial charge in [-0.3, -0.25) is 14.4 Å². The van der Waals surface area contributed by atoms with Crippen LogP contribution in [-0.4, -0.2) is 31.9 Å². The summed E-state index contributed by atoms with van der Waals surface area (Å²) in [6.07, 6.45) is 0. The van der Waals surface area contributed by atoms with E-state index in [0.29, 0.717) is 17.1 Å². The van der Waals surface area contributed by atoms with Crippen LogP contribution in [0.25, 0.3) is 0 Å². The van der Waals surface area contributed by atoms with Gasteiger partial charge >= 0.3 is 0 Å². The van der Waals surface area contributed by atoms with E-state index >= 15 is 0 Å². The fourth-order valence-corrected chi connectivity index (χ4v) is 3.82. The van der Waals surface area contributed by atoms with Crippen molar-refractivity contribution in [3.05, 3.63) is 87.8 Å². The van der Waals surface area contributed by atoms with E-state index in [1.54, 1.807) is 12.1 Å². The van der Waals surface area contributed by atoms with Crippen LogP contribution in [0.3, 0.4) is 0 Å². The Morgan fingerprint density at radius 2 is 1.58 bits per heavy atom. The van der Waals surface area contributed by atoms with E-state index < -0.39 is 23.5 Å². The van der Waals surface area contributed by atoms with Crippen LogP contribution in [0.1, 0.15) is 10.4 Å². The molecule has 0 spiro atoms. The van der Waals surface area contributed by atoms with Crippen molar-refractivity contribution in [2.75, 3.05) is 29.8 Å². The first-order chi connectivity index (χ1) is 17.2. The first kappa shape index (κ1) is 25.0. The highest BCUT2D eigenvalue weighted by Crippen LogP contribution is 2.38. The Morgan fingerprint density at radius 1 is 0.889 bits per heavy atom. The number of nitrogens with zero attached hydrogens (tertiary/aromatic N) is 1. The van der Waals surface area contributed by atoms with Gasteiger partial charge < -0.3 is 20.1 Å². The van der Waals surface area contributed by atoms with Crippen LogP contribution >= 0.6 is 23.2 Å². The largest absolute Gasteiger partial charge is 0.497 e. The third-order valence-electron chi connectivity index (χ3n) is 5.25. The number of ether oxygens (including phenoxy) is 2. The van der Waals surface area contributed by atoms with Gasteiger partial charge in [0.15, 0.2) is 0 Å². The number of methoxy groups -OCH3 is 2. The van der Waals surface area contributed by atoms with E-state index in [9.17, 15) is 18.8 Å². The molecule has 4 rings (SSSR count). The van der Waals surface area contributed by atoms with Gasteiger partial charge in [-0.2, -0.15) is 0 Å². The molecule has 2 N–H and O–H groups in total. The standard InChI is InChI=1S/C25H18Cl2FN3O5/c1-35-16-8-10-20(36-2)19(12-16)31-24(33)21(27)22(25(31)34)29-14-5-3-13(4-6-14)23(32)30-15-7-9-18(28)17(26)11-15/h3-12,29H,1-2H3,(H,30,32). The molecule has 0 bridgehead atoms. The van der Waals surface area contributed by atoms with Crippen molar-refractivity contribution in [2.24, 2.45) is 0 Å². The van der Waals surface area contributed by atoms with Crippen LogP contribution in [0.2, 0.25) is 5.02 Å². The van der Waals surface area contributed by atoms with E-state index in [1.807, 2.05) is 0 Å². The summed E-state index contributed by atoms with van der Waals surface area (Å²) < 4.78 is 23.8. The van der Waals surface area contributed by atoms with Crippen molar-refractivity contribution >= 4 is 58.0 Å². The molecule has 0 unspecified atom stereocenters. The number of imide groups is 1. The number of carbonyl (C=O) groups is 3. The monoisotopic (exact) mass is 529 g/mol. The van der Waals surface area contributed by atoms with E-state index in [2.05, 4.69) is 10.6 Å². The number of amides is 3. The van der Waals surface area contributed by atoms with Crippen molar-refractivity contribution in [1.82, 2.24) is 0 Å². The molecule has 0 atom stereocenters. The summed E-state index contributed by atoms with van der Waals surface area (Å²) >= 11 is 12.0. The summed E-state index contributed by atoms with van der Waals surface area (Å²) in [5, 5.41) is 5.03. The molecule has 1 aliphatic rings. The molecule has 3 aromatic carbocycles. The molecular formula is C25H18Cl2FN3O5. The van der Waals surface area contributed by atoms with Gasteiger partial charge in [-0.05, 0) is 54.6 Å². The van der Waals surface area contributed by atoms with Crippen molar-refractivity contribution in [2.45, 2.75) is 0 Å². The minimum atomic E-state index is -0.732. The minimum Gasteiger partial charge on any atom is -0.497 e. The number of halogens is 3. The molecule has 0 aliphatic carbocycles. The molecule has 1 aliphatic heterocycles. The Labute approximate surface area is 215 Å². The maximum absolute atomic E-state index is 13.3. The summed E-state index contributed by atoms with van der Waals surface area (Å²) in [4.78, 5) is 39.4. The molecule has 3 amide bonds. The van der Waals surface area contributed by atoms with Crippen LogP contribution < -0.4 is 25.0 Å². The molecule has 8 nitrogen and oxygen atoms in total. The van der Waals surface area contributed by atoms with Gasteiger partial charge in [-0.25, -0.2) is 9.29 Å². The predicted octanol–water partition coefficient (Wildman–Crippen LogP) is 5.18. The van der Waals surface area contributed by atoms with Crippen LogP contribution in [-0.2, 0) is 9.59 Å². The lowest BCUT2D eigenvalue weighted by Crippen LogP contribution is -2.32. The second-order valence-corrected chi connectivity index (χ2v) is 8.24. The molecule has 184 valence electrons. The molecule has 0 saturated heterocycles. The number of hydrogen-bond acceptors (Lipinski definition) is 6. The van der Waals surface area contributed by atoms with E-state index in [0.717, 1.165) is 11.0 Å². The highest BCUT2D eigenvalue weighted by Gasteiger charge is 2.40. The van der Waals surface area contributed by atoms with Crippen LogP contribution in [0, 0.1) is 5.82 Å². The maximum atomic E-state index is 13.3. The molecule has 0 saturated carbocycles. The lowest BCUT2D eigenvalue weighted by Gasteiger charge is -2.19. The Morgan fingerprint density at radius 3 is 2.22 bits per heavy atom. The van der Waals surface area contributed by atoms with Gasteiger partial charge in [0, 0.05) is 23.0 Å². The zero-order valence-electron chi connectivity index (χ0n) is 18.9. The smallest absolute Gasteiger partial charge is 0.283 e. The molecular weight excluding hydrogens is 512 g/mol. The molecule has 11 heteroatoms. The second kappa shape index (κ2) is 10.3. The predicted molar refractivity (Wildman–Crippen MR) is 134 cm³/mol. The topological polar surface area (TPSA) is 97.0 Å². The normalized spacial score (nSPS) is 13.2. The lowest BCUT2D eigenvalue weighted by molar-refractivity contribution is -0.120. The first-order valence-electron chi connectivity index (χ1n) is 10.4. The maximum Gasteiger partial charge on any atom is 0.283 e. The zero-order valence-corrected chi connectivity index (χ0v) is 20.4. The van der Waals surface area contributed by atoms with Gasteiger partial charge in [0.05, 0.1) is 24.9 Å². The van der Waals surface area contributed by atoms with Gasteiger partial charge in [0.2, 0.25) is 0 Å². The number of carbonyl (C=O) groups excluding carboxylic acids is 3. The van der Waals surface area contributed by atoms with Gasteiger partial charge in [-0.1, -0.05) is 23.2 Å². The number of anilines is 3. The van der Waals surface area contributed by atoms with Crippen molar-refractivity contribution in [3.8, 4) is 11.5 Å². The quantitative estimate of drug-likeness (QED) is 0.409. The fourth-order valence-electron chi connectivity index (χ4n) is 3.43. The number of rotatable bonds is 7. The van der Waals surface area contributed by atoms with Gasteiger partial charge in [0.25, 0.3) is 17.7 Å². The third kappa shape index (κ3) is 4.84. The Balaban J connectivity index is 1.51. The average molecular weight is 530 g/mol. The van der Waals surface area contributed by atoms with Crippen LogP contribution in [0.15, 0.2) is 71.4 Å². The van der Waals surface area contributed by atoms with Crippen molar-refractivity contribution in [1.29, 1.82) is 0 Å². The summed E-state index contributed by atoms with van der Waals surface area (Å²) in [6, 6.07) is 14.6. The van der Waals surface area contributed by atoms with Crippen molar-refractivity contribution in [3.63, 3.8) is 0 Å².